The van der Waals surface area contributed by atoms with E-state index in [-0.39, 0.29) is 12.4 Å². The summed E-state index contributed by atoms with van der Waals surface area (Å²) < 4.78 is 2.47. The Morgan fingerprint density at radius 3 is 2.62 bits per heavy atom. The number of nitrogens with zero attached hydrogens (tertiary/aromatic N) is 1. The molecule has 21 heavy (non-hydrogen) atoms. The highest BCUT2D eigenvalue weighted by Crippen LogP contribution is 2.30. The first-order valence-corrected chi connectivity index (χ1v) is 8.19. The molecule has 4 heteroatoms. The highest BCUT2D eigenvalue weighted by molar-refractivity contribution is 5.98. The minimum absolute atomic E-state index is 0. The quantitative estimate of drug-likeness (QED) is 0.928. The average Bonchev–Trinajstić information content (AvgIpc) is 2.81. The molecule has 0 unspecified atom stereocenters. The van der Waals surface area contributed by atoms with Crippen LogP contribution in [0, 0.1) is 5.92 Å². The smallest absolute Gasteiger partial charge is 0.164 e. The SMILES string of the molecule is CCc1cc2c(n1CC1CCC(N)CC1)CCCC2=O.Cl. The fourth-order valence-electron chi connectivity index (χ4n) is 3.86. The van der Waals surface area contributed by atoms with Crippen LogP contribution >= 0.6 is 12.4 Å². The number of halogens is 1. The van der Waals surface area contributed by atoms with Gasteiger partial charge in [-0.15, -0.1) is 12.4 Å². The van der Waals surface area contributed by atoms with Gasteiger partial charge in [0.15, 0.2) is 5.78 Å². The zero-order chi connectivity index (χ0) is 14.1. The second kappa shape index (κ2) is 6.97. The molecule has 0 bridgehead atoms. The number of carbonyl (C=O) groups excluding carboxylic acids is 1. The molecule has 0 spiro atoms. The first-order valence-electron chi connectivity index (χ1n) is 8.19. The number of fused-ring (bicyclic) bond motifs is 1. The van der Waals surface area contributed by atoms with Crippen LogP contribution in [-0.4, -0.2) is 16.4 Å². The van der Waals surface area contributed by atoms with Gasteiger partial charge in [0.05, 0.1) is 0 Å². The van der Waals surface area contributed by atoms with Crippen LogP contribution < -0.4 is 5.73 Å². The molecule has 2 N–H and O–H groups in total. The van der Waals surface area contributed by atoms with Gasteiger partial charge in [0, 0.05) is 36.0 Å². The van der Waals surface area contributed by atoms with E-state index in [0.29, 0.717) is 11.8 Å². The van der Waals surface area contributed by atoms with Gasteiger partial charge >= 0.3 is 0 Å². The Labute approximate surface area is 133 Å². The van der Waals surface area contributed by atoms with Crippen molar-refractivity contribution in [1.82, 2.24) is 4.57 Å². The van der Waals surface area contributed by atoms with Gasteiger partial charge in [-0.2, -0.15) is 0 Å². The van der Waals surface area contributed by atoms with Gasteiger partial charge in [-0.25, -0.2) is 0 Å². The molecule has 0 amide bonds. The average molecular weight is 311 g/mol. The predicted octanol–water partition coefficient (Wildman–Crippen LogP) is 3.51. The third kappa shape index (κ3) is 3.35. The molecule has 1 heterocycles. The lowest BCUT2D eigenvalue weighted by Crippen LogP contribution is -2.29. The van der Waals surface area contributed by atoms with Crippen LogP contribution in [0.1, 0.15) is 67.2 Å². The Kier molecular flexibility index (Phi) is 5.50. The van der Waals surface area contributed by atoms with Crippen LogP contribution in [0.25, 0.3) is 0 Å². The van der Waals surface area contributed by atoms with Crippen LogP contribution in [0.3, 0.4) is 0 Å². The van der Waals surface area contributed by atoms with E-state index in [4.69, 9.17) is 5.73 Å². The molecule has 2 aliphatic rings. The summed E-state index contributed by atoms with van der Waals surface area (Å²) in [7, 11) is 0. The van der Waals surface area contributed by atoms with Gasteiger partial charge in [-0.05, 0) is 56.9 Å². The number of hydrogen-bond acceptors (Lipinski definition) is 2. The predicted molar refractivity (Wildman–Crippen MR) is 88.3 cm³/mol. The summed E-state index contributed by atoms with van der Waals surface area (Å²) in [6, 6.07) is 2.57. The molecular formula is C17H27ClN2O. The van der Waals surface area contributed by atoms with Crippen molar-refractivity contribution in [2.45, 2.75) is 70.9 Å². The summed E-state index contributed by atoms with van der Waals surface area (Å²) in [6.45, 7) is 3.29. The van der Waals surface area contributed by atoms with Crippen molar-refractivity contribution in [1.29, 1.82) is 0 Å². The Morgan fingerprint density at radius 1 is 1.24 bits per heavy atom. The fourth-order valence-corrected chi connectivity index (χ4v) is 3.86. The summed E-state index contributed by atoms with van der Waals surface area (Å²) in [5.41, 5.74) is 9.68. The van der Waals surface area contributed by atoms with Crippen LogP contribution in [0.15, 0.2) is 6.07 Å². The molecule has 1 aromatic heterocycles. The van der Waals surface area contributed by atoms with Gasteiger partial charge < -0.3 is 10.3 Å². The lowest BCUT2D eigenvalue weighted by Gasteiger charge is -2.28. The Balaban J connectivity index is 0.00000161. The zero-order valence-corrected chi connectivity index (χ0v) is 13.8. The molecule has 2 aliphatic carbocycles. The van der Waals surface area contributed by atoms with Crippen LogP contribution in [0.5, 0.6) is 0 Å². The number of aryl methyl sites for hydroxylation is 1. The van der Waals surface area contributed by atoms with Crippen molar-refractivity contribution in [3.8, 4) is 0 Å². The summed E-state index contributed by atoms with van der Waals surface area (Å²) in [5, 5.41) is 0. The summed E-state index contributed by atoms with van der Waals surface area (Å²) in [6.07, 6.45) is 8.66. The highest BCUT2D eigenvalue weighted by Gasteiger charge is 2.26. The van der Waals surface area contributed by atoms with Gasteiger partial charge in [0.25, 0.3) is 0 Å². The molecule has 0 aromatic carbocycles. The lowest BCUT2D eigenvalue weighted by atomic mass is 9.86. The van der Waals surface area contributed by atoms with E-state index in [1.54, 1.807) is 0 Å². The van der Waals surface area contributed by atoms with E-state index < -0.39 is 0 Å². The molecular weight excluding hydrogens is 284 g/mol. The number of carbonyl (C=O) groups is 1. The molecule has 3 rings (SSSR count). The zero-order valence-electron chi connectivity index (χ0n) is 12.9. The normalized spacial score (nSPS) is 25.3. The van der Waals surface area contributed by atoms with Crippen molar-refractivity contribution in [3.63, 3.8) is 0 Å². The first-order chi connectivity index (χ1) is 9.69. The lowest BCUT2D eigenvalue weighted by molar-refractivity contribution is 0.0971. The molecule has 118 valence electrons. The second-order valence-corrected chi connectivity index (χ2v) is 6.52. The summed E-state index contributed by atoms with van der Waals surface area (Å²) >= 11 is 0. The highest BCUT2D eigenvalue weighted by atomic mass is 35.5. The molecule has 1 saturated carbocycles. The maximum atomic E-state index is 12.1. The standard InChI is InChI=1S/C17H26N2O.ClH/c1-2-14-10-15-16(4-3-5-17(15)20)19(14)11-12-6-8-13(18)9-7-12;/h10,12-13H,2-9,11,18H2,1H3;1H. The molecule has 3 nitrogen and oxygen atoms in total. The van der Waals surface area contributed by atoms with Crippen molar-refractivity contribution in [2.75, 3.05) is 0 Å². The second-order valence-electron chi connectivity index (χ2n) is 6.52. The van der Waals surface area contributed by atoms with E-state index >= 15 is 0 Å². The van der Waals surface area contributed by atoms with Gasteiger partial charge in [-0.1, -0.05) is 6.92 Å². The third-order valence-corrected chi connectivity index (χ3v) is 5.11. The van der Waals surface area contributed by atoms with Crippen molar-refractivity contribution in [2.24, 2.45) is 11.7 Å². The molecule has 1 aromatic rings. The van der Waals surface area contributed by atoms with Gasteiger partial charge in [-0.3, -0.25) is 4.79 Å². The van der Waals surface area contributed by atoms with Crippen LogP contribution in [0.2, 0.25) is 0 Å². The number of hydrogen-bond donors (Lipinski definition) is 1. The monoisotopic (exact) mass is 310 g/mol. The summed E-state index contributed by atoms with van der Waals surface area (Å²) in [4.78, 5) is 12.1. The van der Waals surface area contributed by atoms with E-state index in [2.05, 4.69) is 17.6 Å². The first kappa shape index (κ1) is 16.6. The van der Waals surface area contributed by atoms with Crippen molar-refractivity contribution in [3.05, 3.63) is 23.0 Å². The van der Waals surface area contributed by atoms with E-state index in [9.17, 15) is 4.79 Å². The maximum Gasteiger partial charge on any atom is 0.164 e. The van der Waals surface area contributed by atoms with Crippen LogP contribution in [0.4, 0.5) is 0 Å². The number of rotatable bonds is 3. The Morgan fingerprint density at radius 2 is 1.95 bits per heavy atom. The Bertz CT molecular complexity index is 501. The largest absolute Gasteiger partial charge is 0.348 e. The molecule has 0 aliphatic heterocycles. The topological polar surface area (TPSA) is 48.0 Å². The van der Waals surface area contributed by atoms with Crippen molar-refractivity contribution < 1.29 is 4.79 Å². The van der Waals surface area contributed by atoms with Gasteiger partial charge in [0.2, 0.25) is 0 Å². The molecule has 1 fully saturated rings. The third-order valence-electron chi connectivity index (χ3n) is 5.11. The van der Waals surface area contributed by atoms with Crippen molar-refractivity contribution >= 4 is 18.2 Å². The number of nitrogens with two attached hydrogens (primary N) is 1. The van der Waals surface area contributed by atoms with E-state index in [1.165, 1.54) is 24.2 Å². The number of aromatic nitrogens is 1. The molecule has 0 radical (unpaired) electrons. The van der Waals surface area contributed by atoms with Gasteiger partial charge in [0.1, 0.15) is 0 Å². The summed E-state index contributed by atoms with van der Waals surface area (Å²) in [5.74, 6) is 1.10. The fraction of sp³-hybridized carbons (Fsp3) is 0.706. The number of ketones is 1. The Hall–Kier alpha value is -0.800. The van der Waals surface area contributed by atoms with Crippen LogP contribution in [-0.2, 0) is 19.4 Å². The molecule has 0 atom stereocenters. The van der Waals surface area contributed by atoms with E-state index in [0.717, 1.165) is 56.6 Å². The minimum atomic E-state index is 0. The maximum absolute atomic E-state index is 12.1. The number of Topliss-reactive ketones (excluding diaryl/α,β-unsaturated/α-hetero) is 1. The minimum Gasteiger partial charge on any atom is -0.348 e. The molecule has 0 saturated heterocycles. The van der Waals surface area contributed by atoms with E-state index in [1.807, 2.05) is 0 Å².